The van der Waals surface area contributed by atoms with E-state index in [1.807, 2.05) is 31.3 Å². The molecule has 1 N–H and O–H groups in total. The molecule has 0 radical (unpaired) electrons. The summed E-state index contributed by atoms with van der Waals surface area (Å²) in [5.41, 5.74) is 1.95. The Labute approximate surface area is 89.3 Å². The van der Waals surface area contributed by atoms with Crippen LogP contribution in [0.2, 0.25) is 0 Å². The van der Waals surface area contributed by atoms with Gasteiger partial charge in [-0.3, -0.25) is 0 Å². The van der Waals surface area contributed by atoms with Crippen LogP contribution in [-0.2, 0) is 0 Å². The van der Waals surface area contributed by atoms with Crippen molar-refractivity contribution in [2.75, 3.05) is 13.6 Å². The lowest BCUT2D eigenvalue weighted by atomic mass is 10.1. The molecule has 2 nitrogen and oxygen atoms in total. The molecule has 2 aromatic rings. The lowest BCUT2D eigenvalue weighted by Gasteiger charge is -1.91. The van der Waals surface area contributed by atoms with E-state index in [0.29, 0.717) is 0 Å². The molecule has 0 amide bonds. The zero-order valence-electron chi connectivity index (χ0n) is 8.71. The molecule has 76 valence electrons. The van der Waals surface area contributed by atoms with Gasteiger partial charge in [0.05, 0.1) is 6.26 Å². The third-order valence-corrected chi connectivity index (χ3v) is 2.19. The van der Waals surface area contributed by atoms with E-state index in [1.54, 1.807) is 6.26 Å². The fourth-order valence-corrected chi connectivity index (χ4v) is 1.40. The van der Waals surface area contributed by atoms with Crippen LogP contribution in [0.15, 0.2) is 34.9 Å². The third kappa shape index (κ3) is 2.39. The third-order valence-electron chi connectivity index (χ3n) is 2.19. The molecule has 0 saturated heterocycles. The topological polar surface area (TPSA) is 25.2 Å². The molecule has 0 aliphatic carbocycles. The number of rotatable bonds is 2. The summed E-state index contributed by atoms with van der Waals surface area (Å²) >= 11 is 0. The van der Waals surface area contributed by atoms with E-state index in [-0.39, 0.29) is 0 Å². The van der Waals surface area contributed by atoms with Gasteiger partial charge in [0.2, 0.25) is 0 Å². The Balaban J connectivity index is 2.16. The van der Waals surface area contributed by atoms with Crippen molar-refractivity contribution in [2.45, 2.75) is 6.42 Å². The molecule has 0 spiro atoms. The Morgan fingerprint density at radius 1 is 1.33 bits per heavy atom. The summed E-state index contributed by atoms with van der Waals surface area (Å²) in [7, 11) is 1.93. The van der Waals surface area contributed by atoms with Gasteiger partial charge in [-0.25, -0.2) is 0 Å². The van der Waals surface area contributed by atoms with Gasteiger partial charge in [-0.05, 0) is 31.3 Å². The van der Waals surface area contributed by atoms with Crippen LogP contribution >= 0.6 is 0 Å². The smallest absolute Gasteiger partial charge is 0.133 e. The van der Waals surface area contributed by atoms with E-state index in [4.69, 9.17) is 4.42 Å². The van der Waals surface area contributed by atoms with Crippen LogP contribution in [0.5, 0.6) is 0 Å². The van der Waals surface area contributed by atoms with Crippen molar-refractivity contribution in [3.63, 3.8) is 0 Å². The lowest BCUT2D eigenvalue weighted by Crippen LogP contribution is -2.05. The molecular formula is C13H13NO. The number of hydrogen-bond donors (Lipinski definition) is 1. The number of nitrogens with one attached hydrogen (secondary N) is 1. The van der Waals surface area contributed by atoms with Gasteiger partial charge in [-0.2, -0.15) is 0 Å². The van der Waals surface area contributed by atoms with Gasteiger partial charge in [0.15, 0.2) is 0 Å². The average Bonchev–Trinajstić information content (AvgIpc) is 2.71. The molecule has 15 heavy (non-hydrogen) atoms. The summed E-state index contributed by atoms with van der Waals surface area (Å²) in [6, 6.07) is 7.94. The summed E-state index contributed by atoms with van der Waals surface area (Å²) in [5, 5.41) is 4.17. The van der Waals surface area contributed by atoms with Crippen molar-refractivity contribution in [2.24, 2.45) is 0 Å². The first-order valence-corrected chi connectivity index (χ1v) is 5.01. The van der Waals surface area contributed by atoms with Gasteiger partial charge in [0, 0.05) is 23.9 Å². The van der Waals surface area contributed by atoms with Crippen molar-refractivity contribution in [3.05, 3.63) is 36.1 Å². The van der Waals surface area contributed by atoms with Gasteiger partial charge < -0.3 is 9.73 Å². The van der Waals surface area contributed by atoms with E-state index >= 15 is 0 Å². The second-order valence-electron chi connectivity index (χ2n) is 3.33. The summed E-state index contributed by atoms with van der Waals surface area (Å²) in [5.74, 6) is 6.25. The molecule has 0 bridgehead atoms. The molecule has 1 aromatic heterocycles. The van der Waals surface area contributed by atoms with Crippen molar-refractivity contribution in [1.82, 2.24) is 5.32 Å². The van der Waals surface area contributed by atoms with Gasteiger partial charge in [-0.1, -0.05) is 11.8 Å². The number of benzene rings is 1. The minimum atomic E-state index is 0.875. The number of furan rings is 1. The van der Waals surface area contributed by atoms with Crippen LogP contribution in [0.3, 0.4) is 0 Å². The van der Waals surface area contributed by atoms with Crippen LogP contribution in [0, 0.1) is 11.8 Å². The predicted octanol–water partition coefficient (Wildman–Crippen LogP) is 2.39. The molecule has 0 fully saturated rings. The molecule has 2 rings (SSSR count). The van der Waals surface area contributed by atoms with E-state index in [0.717, 1.165) is 29.5 Å². The normalized spacial score (nSPS) is 9.93. The predicted molar refractivity (Wildman–Crippen MR) is 61.6 cm³/mol. The minimum Gasteiger partial charge on any atom is -0.464 e. The van der Waals surface area contributed by atoms with Gasteiger partial charge in [-0.15, -0.1) is 0 Å². The Kier molecular flexibility index (Phi) is 3.06. The van der Waals surface area contributed by atoms with Gasteiger partial charge >= 0.3 is 0 Å². The van der Waals surface area contributed by atoms with E-state index < -0.39 is 0 Å². The highest BCUT2D eigenvalue weighted by molar-refractivity contribution is 5.78. The number of fused-ring (bicyclic) bond motifs is 1. The second kappa shape index (κ2) is 4.68. The zero-order chi connectivity index (χ0) is 10.5. The molecule has 0 aliphatic heterocycles. The van der Waals surface area contributed by atoms with E-state index in [9.17, 15) is 0 Å². The largest absolute Gasteiger partial charge is 0.464 e. The molecule has 1 heterocycles. The van der Waals surface area contributed by atoms with E-state index in [2.05, 4.69) is 17.2 Å². The molecule has 2 heteroatoms. The monoisotopic (exact) mass is 199 g/mol. The van der Waals surface area contributed by atoms with Crippen molar-refractivity contribution in [3.8, 4) is 11.8 Å². The Morgan fingerprint density at radius 3 is 3.13 bits per heavy atom. The standard InChI is InChI=1S/C13H13NO/c1-14-8-3-2-4-11-5-6-13-12(10-11)7-9-15-13/h5-7,9-10,14H,3,8H2,1H3. The lowest BCUT2D eigenvalue weighted by molar-refractivity contribution is 0.616. The first kappa shape index (κ1) is 9.82. The Hall–Kier alpha value is -1.72. The average molecular weight is 199 g/mol. The molecule has 0 unspecified atom stereocenters. The fourth-order valence-electron chi connectivity index (χ4n) is 1.40. The Morgan fingerprint density at radius 2 is 2.27 bits per heavy atom. The fraction of sp³-hybridized carbons (Fsp3) is 0.231. The van der Waals surface area contributed by atoms with Crippen molar-refractivity contribution < 1.29 is 4.42 Å². The van der Waals surface area contributed by atoms with Crippen LogP contribution < -0.4 is 5.32 Å². The maximum absolute atomic E-state index is 5.26. The Bertz CT molecular complexity index is 502. The quantitative estimate of drug-likeness (QED) is 0.593. The SMILES string of the molecule is CNCCC#Cc1ccc2occc2c1. The summed E-state index contributed by atoms with van der Waals surface area (Å²) in [4.78, 5) is 0. The van der Waals surface area contributed by atoms with Gasteiger partial charge in [0.25, 0.3) is 0 Å². The highest BCUT2D eigenvalue weighted by Crippen LogP contribution is 2.16. The maximum atomic E-state index is 5.26. The molecule has 0 aliphatic rings. The first-order valence-electron chi connectivity index (χ1n) is 5.01. The van der Waals surface area contributed by atoms with Crippen LogP contribution in [-0.4, -0.2) is 13.6 Å². The molecule has 1 aromatic carbocycles. The minimum absolute atomic E-state index is 0.875. The number of hydrogen-bond acceptors (Lipinski definition) is 2. The zero-order valence-corrected chi connectivity index (χ0v) is 8.71. The molecule has 0 atom stereocenters. The van der Waals surface area contributed by atoms with Crippen molar-refractivity contribution >= 4 is 11.0 Å². The van der Waals surface area contributed by atoms with Crippen LogP contribution in [0.25, 0.3) is 11.0 Å². The van der Waals surface area contributed by atoms with Gasteiger partial charge in [0.1, 0.15) is 5.58 Å². The first-order chi connectivity index (χ1) is 7.40. The highest BCUT2D eigenvalue weighted by Gasteiger charge is 1.95. The van der Waals surface area contributed by atoms with Crippen molar-refractivity contribution in [1.29, 1.82) is 0 Å². The molecule has 0 saturated carbocycles. The summed E-state index contributed by atoms with van der Waals surface area (Å²) in [6.45, 7) is 0.932. The maximum Gasteiger partial charge on any atom is 0.133 e. The highest BCUT2D eigenvalue weighted by atomic mass is 16.3. The molecular weight excluding hydrogens is 186 g/mol. The van der Waals surface area contributed by atoms with Crippen LogP contribution in [0.4, 0.5) is 0 Å². The summed E-state index contributed by atoms with van der Waals surface area (Å²) in [6.07, 6.45) is 2.57. The second-order valence-corrected chi connectivity index (χ2v) is 3.33. The van der Waals surface area contributed by atoms with Crippen LogP contribution in [0.1, 0.15) is 12.0 Å². The summed E-state index contributed by atoms with van der Waals surface area (Å²) < 4.78 is 5.26. The van der Waals surface area contributed by atoms with E-state index in [1.165, 1.54) is 0 Å².